The summed E-state index contributed by atoms with van der Waals surface area (Å²) in [7, 11) is 0. The van der Waals surface area contributed by atoms with Crippen molar-refractivity contribution in [2.24, 2.45) is 0 Å². The van der Waals surface area contributed by atoms with Crippen LogP contribution in [-0.4, -0.2) is 23.7 Å². The molecular formula is C15H24N2OS. The van der Waals surface area contributed by atoms with Crippen molar-refractivity contribution in [2.45, 2.75) is 70.6 Å². The van der Waals surface area contributed by atoms with Gasteiger partial charge in [0.05, 0.1) is 17.3 Å². The van der Waals surface area contributed by atoms with E-state index < -0.39 is 0 Å². The standard InChI is InChI=1S/C15H24N2OS/c1-4-13-11(3)19-14(16-13)15(17-12-5-6-12)7-8-18-10(2)9-15/h10,12,17H,4-9H2,1-3H3. The molecule has 2 fully saturated rings. The summed E-state index contributed by atoms with van der Waals surface area (Å²) in [4.78, 5) is 6.32. The van der Waals surface area contributed by atoms with Gasteiger partial charge in [-0.25, -0.2) is 4.98 Å². The van der Waals surface area contributed by atoms with Crippen LogP contribution >= 0.6 is 11.3 Å². The lowest BCUT2D eigenvalue weighted by Crippen LogP contribution is -2.49. The molecule has 106 valence electrons. The third-order valence-electron chi connectivity index (χ3n) is 4.26. The van der Waals surface area contributed by atoms with Crippen LogP contribution in [0.1, 0.15) is 55.1 Å². The van der Waals surface area contributed by atoms with Gasteiger partial charge < -0.3 is 10.1 Å². The van der Waals surface area contributed by atoms with Gasteiger partial charge in [0, 0.05) is 17.5 Å². The first-order chi connectivity index (χ1) is 9.13. The second kappa shape index (κ2) is 5.15. The quantitative estimate of drug-likeness (QED) is 0.920. The summed E-state index contributed by atoms with van der Waals surface area (Å²) >= 11 is 1.89. The minimum absolute atomic E-state index is 0.0711. The molecule has 0 radical (unpaired) electrons. The maximum atomic E-state index is 5.76. The smallest absolute Gasteiger partial charge is 0.113 e. The van der Waals surface area contributed by atoms with E-state index in [1.165, 1.54) is 28.4 Å². The fraction of sp³-hybridized carbons (Fsp3) is 0.800. The highest BCUT2D eigenvalue weighted by molar-refractivity contribution is 7.11. The summed E-state index contributed by atoms with van der Waals surface area (Å²) in [6, 6.07) is 0.708. The zero-order valence-corrected chi connectivity index (χ0v) is 13.0. The van der Waals surface area contributed by atoms with E-state index >= 15 is 0 Å². The van der Waals surface area contributed by atoms with Crippen LogP contribution in [0.3, 0.4) is 0 Å². The molecule has 1 N–H and O–H groups in total. The highest BCUT2D eigenvalue weighted by Crippen LogP contribution is 2.40. The summed E-state index contributed by atoms with van der Waals surface area (Å²) in [5.41, 5.74) is 1.35. The van der Waals surface area contributed by atoms with Gasteiger partial charge >= 0.3 is 0 Å². The van der Waals surface area contributed by atoms with Crippen LogP contribution in [0, 0.1) is 6.92 Å². The van der Waals surface area contributed by atoms with Crippen LogP contribution in [0.4, 0.5) is 0 Å². The zero-order valence-electron chi connectivity index (χ0n) is 12.2. The Hall–Kier alpha value is -0.450. The monoisotopic (exact) mass is 280 g/mol. The normalized spacial score (nSPS) is 31.6. The molecule has 4 heteroatoms. The number of ether oxygens (including phenoxy) is 1. The van der Waals surface area contributed by atoms with Gasteiger partial charge in [-0.1, -0.05) is 6.92 Å². The summed E-state index contributed by atoms with van der Waals surface area (Å²) in [6.07, 6.45) is 6.12. The molecule has 1 saturated heterocycles. The molecule has 2 unspecified atom stereocenters. The predicted octanol–water partition coefficient (Wildman–Crippen LogP) is 3.16. The van der Waals surface area contributed by atoms with Gasteiger partial charge in [0.25, 0.3) is 0 Å². The van der Waals surface area contributed by atoms with Crippen molar-refractivity contribution in [1.29, 1.82) is 0 Å². The number of thiazole rings is 1. The maximum Gasteiger partial charge on any atom is 0.113 e. The first-order valence-electron chi connectivity index (χ1n) is 7.49. The minimum atomic E-state index is 0.0711. The summed E-state index contributed by atoms with van der Waals surface area (Å²) in [5.74, 6) is 0. The molecule has 2 aliphatic rings. The summed E-state index contributed by atoms with van der Waals surface area (Å²) in [6.45, 7) is 7.43. The Morgan fingerprint density at radius 3 is 2.84 bits per heavy atom. The number of rotatable bonds is 4. The first kappa shape index (κ1) is 13.5. The van der Waals surface area contributed by atoms with Crippen molar-refractivity contribution in [3.8, 4) is 0 Å². The molecular weight excluding hydrogens is 256 g/mol. The van der Waals surface area contributed by atoms with Crippen LogP contribution in [0.5, 0.6) is 0 Å². The van der Waals surface area contributed by atoms with Gasteiger partial charge in [-0.05, 0) is 46.0 Å². The van der Waals surface area contributed by atoms with Gasteiger partial charge in [0.15, 0.2) is 0 Å². The first-order valence-corrected chi connectivity index (χ1v) is 8.30. The van der Waals surface area contributed by atoms with E-state index in [1.807, 2.05) is 11.3 Å². The van der Waals surface area contributed by atoms with E-state index in [-0.39, 0.29) is 5.54 Å². The van der Waals surface area contributed by atoms with Crippen LogP contribution < -0.4 is 5.32 Å². The fourth-order valence-electron chi connectivity index (χ4n) is 3.05. The van der Waals surface area contributed by atoms with E-state index in [9.17, 15) is 0 Å². The average molecular weight is 280 g/mol. The lowest BCUT2D eigenvalue weighted by atomic mass is 9.87. The van der Waals surface area contributed by atoms with Crippen molar-refractivity contribution >= 4 is 11.3 Å². The topological polar surface area (TPSA) is 34.2 Å². The fourth-order valence-corrected chi connectivity index (χ4v) is 4.25. The Balaban J connectivity index is 1.92. The number of aromatic nitrogens is 1. The van der Waals surface area contributed by atoms with Crippen LogP contribution in [0.2, 0.25) is 0 Å². The summed E-state index contributed by atoms with van der Waals surface area (Å²) < 4.78 is 5.76. The maximum absolute atomic E-state index is 5.76. The largest absolute Gasteiger partial charge is 0.378 e. The number of nitrogens with one attached hydrogen (secondary N) is 1. The highest BCUT2D eigenvalue weighted by atomic mass is 32.1. The van der Waals surface area contributed by atoms with E-state index in [0.717, 1.165) is 25.9 Å². The Kier molecular flexibility index (Phi) is 3.67. The number of nitrogens with zero attached hydrogens (tertiary/aromatic N) is 1. The van der Waals surface area contributed by atoms with E-state index in [1.54, 1.807) is 0 Å². The Labute approximate surface area is 119 Å². The van der Waals surface area contributed by atoms with Gasteiger partial charge in [0.1, 0.15) is 5.01 Å². The third kappa shape index (κ3) is 2.71. The molecule has 1 aromatic rings. The predicted molar refractivity (Wildman–Crippen MR) is 78.7 cm³/mol. The molecule has 0 spiro atoms. The van der Waals surface area contributed by atoms with Gasteiger partial charge in [-0.2, -0.15) is 0 Å². The molecule has 1 aliphatic heterocycles. The van der Waals surface area contributed by atoms with Crippen LogP contribution in [0.25, 0.3) is 0 Å². The average Bonchev–Trinajstić information content (AvgIpc) is 3.09. The molecule has 1 aromatic heterocycles. The van der Waals surface area contributed by atoms with E-state index in [0.29, 0.717) is 12.1 Å². The second-order valence-corrected chi connectivity index (χ2v) is 7.21. The van der Waals surface area contributed by atoms with Crippen LogP contribution in [0.15, 0.2) is 0 Å². The summed E-state index contributed by atoms with van der Waals surface area (Å²) in [5, 5.41) is 5.18. The van der Waals surface area contributed by atoms with Crippen molar-refractivity contribution < 1.29 is 4.74 Å². The number of hydrogen-bond donors (Lipinski definition) is 1. The Morgan fingerprint density at radius 2 is 2.26 bits per heavy atom. The zero-order chi connectivity index (χ0) is 13.5. The van der Waals surface area contributed by atoms with Crippen molar-refractivity contribution in [3.63, 3.8) is 0 Å². The van der Waals surface area contributed by atoms with Crippen molar-refractivity contribution in [3.05, 3.63) is 15.6 Å². The van der Waals surface area contributed by atoms with Gasteiger partial charge in [-0.3, -0.25) is 0 Å². The molecule has 0 amide bonds. The molecule has 2 atom stereocenters. The molecule has 1 saturated carbocycles. The molecule has 2 heterocycles. The van der Waals surface area contributed by atoms with Gasteiger partial charge in [0.2, 0.25) is 0 Å². The molecule has 0 bridgehead atoms. The Bertz CT molecular complexity index is 451. The van der Waals surface area contributed by atoms with E-state index in [4.69, 9.17) is 9.72 Å². The molecule has 1 aliphatic carbocycles. The molecule has 19 heavy (non-hydrogen) atoms. The molecule has 3 nitrogen and oxygen atoms in total. The molecule has 3 rings (SSSR count). The van der Waals surface area contributed by atoms with E-state index in [2.05, 4.69) is 26.1 Å². The second-order valence-electron chi connectivity index (χ2n) is 6.01. The minimum Gasteiger partial charge on any atom is -0.378 e. The number of hydrogen-bond acceptors (Lipinski definition) is 4. The van der Waals surface area contributed by atoms with Gasteiger partial charge in [-0.15, -0.1) is 11.3 Å². The van der Waals surface area contributed by atoms with Crippen molar-refractivity contribution in [2.75, 3.05) is 6.61 Å². The SMILES string of the molecule is CCc1nc(C2(NC3CC3)CCOC(C)C2)sc1C. The Morgan fingerprint density at radius 1 is 1.47 bits per heavy atom. The number of aryl methyl sites for hydroxylation is 2. The lowest BCUT2D eigenvalue weighted by molar-refractivity contribution is -0.0214. The van der Waals surface area contributed by atoms with Crippen LogP contribution in [-0.2, 0) is 16.7 Å². The third-order valence-corrected chi connectivity index (χ3v) is 5.48. The van der Waals surface area contributed by atoms with Crippen molar-refractivity contribution in [1.82, 2.24) is 10.3 Å². The lowest BCUT2D eigenvalue weighted by Gasteiger charge is -2.39. The molecule has 0 aromatic carbocycles. The highest BCUT2D eigenvalue weighted by Gasteiger charge is 2.43.